The number of rotatable bonds is 7. The van der Waals surface area contributed by atoms with Gasteiger partial charge in [0.2, 0.25) is 10.0 Å². The van der Waals surface area contributed by atoms with E-state index in [2.05, 4.69) is 34.5 Å². The molecule has 0 heterocycles. The topological polar surface area (TPSA) is 46.2 Å². The smallest absolute Gasteiger partial charge is 0.208 e. The molecule has 0 spiro atoms. The summed E-state index contributed by atoms with van der Waals surface area (Å²) in [5, 5.41) is 0. The van der Waals surface area contributed by atoms with Gasteiger partial charge in [0.05, 0.1) is 4.90 Å². The molecule has 108 valence electrons. The molecule has 0 saturated carbocycles. The molecular formula is C14H22BrNO2S. The van der Waals surface area contributed by atoms with Crippen molar-refractivity contribution in [1.29, 1.82) is 0 Å². The monoisotopic (exact) mass is 347 g/mol. The van der Waals surface area contributed by atoms with Gasteiger partial charge in [-0.05, 0) is 37.5 Å². The molecule has 1 atom stereocenters. The van der Waals surface area contributed by atoms with Crippen molar-refractivity contribution in [2.75, 3.05) is 0 Å². The van der Waals surface area contributed by atoms with Gasteiger partial charge in [0.1, 0.15) is 0 Å². The summed E-state index contributed by atoms with van der Waals surface area (Å²) in [4.78, 5) is 0.303. The Balaban J connectivity index is 2.59. The maximum Gasteiger partial charge on any atom is 0.240 e. The standard InChI is InChI=1S/C14H22BrNO2S/c1-11(2)6-4-7-12(3)16-19(17,18)14-9-5-8-13(15)10-14/h5,8-12,16H,4,6-7H2,1-3H3. The second-order valence-corrected chi connectivity index (χ2v) is 7.93. The lowest BCUT2D eigenvalue weighted by Crippen LogP contribution is -2.32. The first-order valence-electron chi connectivity index (χ1n) is 6.59. The van der Waals surface area contributed by atoms with E-state index in [1.54, 1.807) is 18.2 Å². The Morgan fingerprint density at radius 1 is 1.21 bits per heavy atom. The largest absolute Gasteiger partial charge is 0.240 e. The van der Waals surface area contributed by atoms with Crippen molar-refractivity contribution in [1.82, 2.24) is 4.72 Å². The number of hydrogen-bond acceptors (Lipinski definition) is 2. The predicted molar refractivity (Wildman–Crippen MR) is 82.6 cm³/mol. The van der Waals surface area contributed by atoms with Crippen LogP contribution >= 0.6 is 15.9 Å². The normalized spacial score (nSPS) is 13.7. The highest BCUT2D eigenvalue weighted by Crippen LogP contribution is 2.17. The number of nitrogens with one attached hydrogen (secondary N) is 1. The van der Waals surface area contributed by atoms with Crippen LogP contribution in [0.1, 0.15) is 40.0 Å². The Morgan fingerprint density at radius 3 is 2.47 bits per heavy atom. The Hall–Kier alpha value is -0.390. The van der Waals surface area contributed by atoms with Crippen molar-refractivity contribution >= 4 is 26.0 Å². The lowest BCUT2D eigenvalue weighted by molar-refractivity contribution is 0.488. The molecule has 5 heteroatoms. The van der Waals surface area contributed by atoms with Crippen LogP contribution in [0.5, 0.6) is 0 Å². The third-order valence-corrected chi connectivity index (χ3v) is 4.96. The fraction of sp³-hybridized carbons (Fsp3) is 0.571. The van der Waals surface area contributed by atoms with Crippen molar-refractivity contribution < 1.29 is 8.42 Å². The van der Waals surface area contributed by atoms with E-state index in [0.29, 0.717) is 10.8 Å². The summed E-state index contributed by atoms with van der Waals surface area (Å²) in [7, 11) is -3.41. The van der Waals surface area contributed by atoms with Crippen LogP contribution in [0.4, 0.5) is 0 Å². The molecule has 0 aliphatic rings. The molecule has 0 bridgehead atoms. The zero-order chi connectivity index (χ0) is 14.5. The minimum atomic E-state index is -3.41. The highest BCUT2D eigenvalue weighted by molar-refractivity contribution is 9.10. The molecule has 0 aliphatic heterocycles. The second kappa shape index (κ2) is 7.41. The lowest BCUT2D eigenvalue weighted by atomic mass is 10.0. The molecule has 0 aromatic heterocycles. The minimum absolute atomic E-state index is 0.0391. The first-order valence-corrected chi connectivity index (χ1v) is 8.87. The summed E-state index contributed by atoms with van der Waals surface area (Å²) in [6.45, 7) is 6.27. The van der Waals surface area contributed by atoms with Crippen LogP contribution in [0.25, 0.3) is 0 Å². The Morgan fingerprint density at radius 2 is 1.89 bits per heavy atom. The molecule has 0 fully saturated rings. The van der Waals surface area contributed by atoms with Gasteiger partial charge in [0, 0.05) is 10.5 Å². The van der Waals surface area contributed by atoms with Crippen molar-refractivity contribution in [2.24, 2.45) is 5.92 Å². The summed E-state index contributed by atoms with van der Waals surface area (Å²) in [6, 6.07) is 6.72. The molecule has 19 heavy (non-hydrogen) atoms. The van der Waals surface area contributed by atoms with Crippen LogP contribution in [-0.2, 0) is 10.0 Å². The molecule has 0 saturated heterocycles. The lowest BCUT2D eigenvalue weighted by Gasteiger charge is -2.15. The van der Waals surface area contributed by atoms with Gasteiger partial charge >= 0.3 is 0 Å². The number of halogens is 1. The van der Waals surface area contributed by atoms with Gasteiger partial charge in [-0.25, -0.2) is 13.1 Å². The van der Waals surface area contributed by atoms with E-state index in [1.807, 2.05) is 13.0 Å². The summed E-state index contributed by atoms with van der Waals surface area (Å²) in [5.74, 6) is 0.661. The van der Waals surface area contributed by atoms with Gasteiger partial charge in [0.15, 0.2) is 0 Å². The molecule has 1 rings (SSSR count). The molecule has 1 N–H and O–H groups in total. The molecule has 1 aromatic rings. The summed E-state index contributed by atoms with van der Waals surface area (Å²) < 4.78 is 27.8. The number of sulfonamides is 1. The Kier molecular flexibility index (Phi) is 6.50. The van der Waals surface area contributed by atoms with Crippen molar-refractivity contribution in [2.45, 2.75) is 51.0 Å². The minimum Gasteiger partial charge on any atom is -0.208 e. The molecule has 0 aliphatic carbocycles. The Bertz CT molecular complexity index is 500. The summed E-state index contributed by atoms with van der Waals surface area (Å²) in [5.41, 5.74) is 0. The number of benzene rings is 1. The predicted octanol–water partition coefficient (Wildman–Crippen LogP) is 3.94. The summed E-state index contributed by atoms with van der Waals surface area (Å²) in [6.07, 6.45) is 3.04. The highest BCUT2D eigenvalue weighted by atomic mass is 79.9. The Labute approximate surface area is 125 Å². The van der Waals surface area contributed by atoms with Crippen molar-refractivity contribution in [3.05, 3.63) is 28.7 Å². The van der Waals surface area contributed by atoms with Crippen LogP contribution in [-0.4, -0.2) is 14.5 Å². The summed E-state index contributed by atoms with van der Waals surface area (Å²) >= 11 is 3.29. The third-order valence-electron chi connectivity index (χ3n) is 2.88. The van der Waals surface area contributed by atoms with Gasteiger partial charge in [-0.3, -0.25) is 0 Å². The molecule has 0 radical (unpaired) electrons. The van der Waals surface area contributed by atoms with Crippen LogP contribution in [0.15, 0.2) is 33.6 Å². The average molecular weight is 348 g/mol. The maximum atomic E-state index is 12.2. The zero-order valence-corrected chi connectivity index (χ0v) is 14.1. The van der Waals surface area contributed by atoms with Gasteiger partial charge < -0.3 is 0 Å². The molecule has 1 aromatic carbocycles. The zero-order valence-electron chi connectivity index (χ0n) is 11.7. The van der Waals surface area contributed by atoms with Gasteiger partial charge in [-0.1, -0.05) is 48.7 Å². The van der Waals surface area contributed by atoms with Crippen LogP contribution in [0, 0.1) is 5.92 Å². The van der Waals surface area contributed by atoms with Crippen LogP contribution < -0.4 is 4.72 Å². The molecule has 0 amide bonds. The van der Waals surface area contributed by atoms with E-state index in [0.717, 1.165) is 23.7 Å². The van der Waals surface area contributed by atoms with E-state index < -0.39 is 10.0 Å². The van der Waals surface area contributed by atoms with Gasteiger partial charge in [-0.15, -0.1) is 0 Å². The molecule has 1 unspecified atom stereocenters. The van der Waals surface area contributed by atoms with Crippen molar-refractivity contribution in [3.63, 3.8) is 0 Å². The second-order valence-electron chi connectivity index (χ2n) is 5.30. The van der Waals surface area contributed by atoms with Gasteiger partial charge in [0.25, 0.3) is 0 Å². The van der Waals surface area contributed by atoms with Crippen LogP contribution in [0.2, 0.25) is 0 Å². The van der Waals surface area contributed by atoms with E-state index in [-0.39, 0.29) is 6.04 Å². The average Bonchev–Trinajstić information content (AvgIpc) is 2.27. The SMILES string of the molecule is CC(C)CCCC(C)NS(=O)(=O)c1cccc(Br)c1. The fourth-order valence-corrected chi connectivity index (χ4v) is 3.73. The van der Waals surface area contributed by atoms with E-state index in [9.17, 15) is 8.42 Å². The first kappa shape index (κ1) is 16.7. The fourth-order valence-electron chi connectivity index (χ4n) is 1.86. The quantitative estimate of drug-likeness (QED) is 0.811. The number of hydrogen-bond donors (Lipinski definition) is 1. The first-order chi connectivity index (χ1) is 8.81. The van der Waals surface area contributed by atoms with Crippen molar-refractivity contribution in [3.8, 4) is 0 Å². The maximum absolute atomic E-state index is 12.2. The van der Waals surface area contributed by atoms with E-state index in [1.165, 1.54) is 0 Å². The molecular weight excluding hydrogens is 326 g/mol. The van der Waals surface area contributed by atoms with Gasteiger partial charge in [-0.2, -0.15) is 0 Å². The molecule has 3 nitrogen and oxygen atoms in total. The van der Waals surface area contributed by atoms with E-state index >= 15 is 0 Å². The third kappa shape index (κ3) is 6.06. The van der Waals surface area contributed by atoms with E-state index in [4.69, 9.17) is 0 Å². The van der Waals surface area contributed by atoms with Crippen LogP contribution in [0.3, 0.4) is 0 Å². The highest BCUT2D eigenvalue weighted by Gasteiger charge is 2.17.